The Morgan fingerprint density at radius 1 is 1.11 bits per heavy atom. The highest BCUT2D eigenvalue weighted by atomic mass is 16.6. The number of nitrogens with two attached hydrogens (primary N) is 1. The van der Waals surface area contributed by atoms with Crippen LogP contribution in [0, 0.1) is 0 Å². The normalized spacial score (nSPS) is 10.2. The van der Waals surface area contributed by atoms with Crippen LogP contribution in [0.5, 0.6) is 5.75 Å². The molecule has 0 aromatic heterocycles. The molecule has 1 aromatic rings. The zero-order chi connectivity index (χ0) is 13.9. The third-order valence-electron chi connectivity index (χ3n) is 2.32. The van der Waals surface area contributed by atoms with Crippen molar-refractivity contribution < 1.29 is 19.0 Å². The van der Waals surface area contributed by atoms with Crippen molar-refractivity contribution in [2.24, 2.45) is 0 Å². The van der Waals surface area contributed by atoms with Crippen molar-refractivity contribution in [2.75, 3.05) is 32.2 Å². The molecule has 2 N–H and O–H groups in total. The molecule has 0 saturated heterocycles. The zero-order valence-electron chi connectivity index (χ0n) is 11.3. The molecule has 0 aliphatic carbocycles. The molecule has 0 atom stereocenters. The van der Waals surface area contributed by atoms with E-state index in [0.29, 0.717) is 38.5 Å². The van der Waals surface area contributed by atoms with Crippen molar-refractivity contribution >= 4 is 11.7 Å². The molecule has 5 heteroatoms. The van der Waals surface area contributed by atoms with Gasteiger partial charge in [-0.1, -0.05) is 6.92 Å². The van der Waals surface area contributed by atoms with Crippen LogP contribution in [0.25, 0.3) is 0 Å². The van der Waals surface area contributed by atoms with E-state index >= 15 is 0 Å². The van der Waals surface area contributed by atoms with Crippen molar-refractivity contribution in [1.82, 2.24) is 0 Å². The summed E-state index contributed by atoms with van der Waals surface area (Å²) in [5.74, 6) is 0.580. The molecule has 0 aliphatic rings. The van der Waals surface area contributed by atoms with E-state index in [0.717, 1.165) is 12.2 Å². The van der Waals surface area contributed by atoms with Crippen LogP contribution in [-0.2, 0) is 14.3 Å². The summed E-state index contributed by atoms with van der Waals surface area (Å²) in [6.07, 6.45) is 1.26. The van der Waals surface area contributed by atoms with Crippen LogP contribution in [0.2, 0.25) is 0 Å². The standard InChI is InChI=1S/C14H21NO4/c1-2-3-14(16)19-11-9-17-8-10-18-13-6-4-12(15)5-7-13/h4-7H,2-3,8-11,15H2,1H3. The molecule has 5 nitrogen and oxygen atoms in total. The van der Waals surface area contributed by atoms with Crippen LogP contribution in [0.3, 0.4) is 0 Å². The topological polar surface area (TPSA) is 70.8 Å². The van der Waals surface area contributed by atoms with E-state index in [1.807, 2.05) is 19.1 Å². The molecule has 1 aromatic carbocycles. The monoisotopic (exact) mass is 267 g/mol. The van der Waals surface area contributed by atoms with Crippen LogP contribution < -0.4 is 10.5 Å². The van der Waals surface area contributed by atoms with E-state index in [1.54, 1.807) is 12.1 Å². The minimum absolute atomic E-state index is 0.177. The molecule has 106 valence electrons. The van der Waals surface area contributed by atoms with E-state index in [4.69, 9.17) is 19.9 Å². The van der Waals surface area contributed by atoms with Gasteiger partial charge in [-0.15, -0.1) is 0 Å². The van der Waals surface area contributed by atoms with Gasteiger partial charge < -0.3 is 19.9 Å². The second-order valence-corrected chi connectivity index (χ2v) is 4.00. The van der Waals surface area contributed by atoms with Gasteiger partial charge in [-0.05, 0) is 30.7 Å². The van der Waals surface area contributed by atoms with Crippen molar-refractivity contribution in [1.29, 1.82) is 0 Å². The fourth-order valence-electron chi connectivity index (χ4n) is 1.38. The molecule has 0 fully saturated rings. The summed E-state index contributed by atoms with van der Waals surface area (Å²) >= 11 is 0. The maximum atomic E-state index is 11.0. The molecule has 1 rings (SSSR count). The number of anilines is 1. The highest BCUT2D eigenvalue weighted by molar-refractivity contribution is 5.69. The Morgan fingerprint density at radius 2 is 1.79 bits per heavy atom. The first-order chi connectivity index (χ1) is 9.22. The predicted octanol–water partition coefficient (Wildman–Crippen LogP) is 2.01. The number of carbonyl (C=O) groups is 1. The van der Waals surface area contributed by atoms with Crippen LogP contribution >= 0.6 is 0 Å². The molecule has 0 radical (unpaired) electrons. The number of hydrogen-bond acceptors (Lipinski definition) is 5. The molecule has 0 amide bonds. The molecular formula is C14H21NO4. The lowest BCUT2D eigenvalue weighted by molar-refractivity contribution is -0.145. The summed E-state index contributed by atoms with van der Waals surface area (Å²) in [6.45, 7) is 3.52. The third kappa shape index (κ3) is 7.31. The lowest BCUT2D eigenvalue weighted by Crippen LogP contribution is -2.13. The number of esters is 1. The Labute approximate surface area is 113 Å². The first-order valence-electron chi connectivity index (χ1n) is 6.44. The van der Waals surface area contributed by atoms with Gasteiger partial charge in [0.15, 0.2) is 0 Å². The summed E-state index contributed by atoms with van der Waals surface area (Å²) in [5.41, 5.74) is 6.27. The summed E-state index contributed by atoms with van der Waals surface area (Å²) < 4.78 is 15.7. The van der Waals surface area contributed by atoms with E-state index in [2.05, 4.69) is 0 Å². The Hall–Kier alpha value is -1.75. The molecule has 19 heavy (non-hydrogen) atoms. The van der Waals surface area contributed by atoms with Crippen LogP contribution in [0.15, 0.2) is 24.3 Å². The Balaban J connectivity index is 1.96. The first kappa shape index (κ1) is 15.3. The fraction of sp³-hybridized carbons (Fsp3) is 0.500. The lowest BCUT2D eigenvalue weighted by atomic mass is 10.3. The van der Waals surface area contributed by atoms with Crippen LogP contribution in [0.1, 0.15) is 19.8 Å². The smallest absolute Gasteiger partial charge is 0.305 e. The second-order valence-electron chi connectivity index (χ2n) is 4.00. The number of benzene rings is 1. The number of hydrogen-bond donors (Lipinski definition) is 1. The molecule has 0 bridgehead atoms. The van der Waals surface area contributed by atoms with Gasteiger partial charge in [0.1, 0.15) is 19.0 Å². The number of rotatable bonds is 9. The Kier molecular flexibility index (Phi) is 7.43. The van der Waals surface area contributed by atoms with Gasteiger partial charge in [-0.2, -0.15) is 0 Å². The van der Waals surface area contributed by atoms with Crippen molar-refractivity contribution in [3.63, 3.8) is 0 Å². The quantitative estimate of drug-likeness (QED) is 0.421. The highest BCUT2D eigenvalue weighted by Gasteiger charge is 1.99. The summed E-state index contributed by atoms with van der Waals surface area (Å²) in [5, 5.41) is 0. The van der Waals surface area contributed by atoms with Gasteiger partial charge in [0, 0.05) is 12.1 Å². The molecule has 0 unspecified atom stereocenters. The summed E-state index contributed by atoms with van der Waals surface area (Å²) in [4.78, 5) is 11.0. The van der Waals surface area contributed by atoms with Gasteiger partial charge in [0.25, 0.3) is 0 Å². The average molecular weight is 267 g/mol. The van der Waals surface area contributed by atoms with E-state index in [-0.39, 0.29) is 5.97 Å². The van der Waals surface area contributed by atoms with Crippen LogP contribution in [0.4, 0.5) is 5.69 Å². The van der Waals surface area contributed by atoms with E-state index in [1.165, 1.54) is 0 Å². The maximum absolute atomic E-state index is 11.0. The number of carbonyl (C=O) groups excluding carboxylic acids is 1. The Bertz CT molecular complexity index is 364. The lowest BCUT2D eigenvalue weighted by Gasteiger charge is -2.08. The number of nitrogen functional groups attached to an aromatic ring is 1. The fourth-order valence-corrected chi connectivity index (χ4v) is 1.38. The van der Waals surface area contributed by atoms with Gasteiger partial charge >= 0.3 is 5.97 Å². The number of ether oxygens (including phenoxy) is 3. The first-order valence-corrected chi connectivity index (χ1v) is 6.44. The van der Waals surface area contributed by atoms with Gasteiger partial charge in [0.2, 0.25) is 0 Å². The minimum atomic E-state index is -0.177. The van der Waals surface area contributed by atoms with E-state index < -0.39 is 0 Å². The summed E-state index contributed by atoms with van der Waals surface area (Å²) in [7, 11) is 0. The van der Waals surface area contributed by atoms with Crippen molar-refractivity contribution in [3.8, 4) is 5.75 Å². The van der Waals surface area contributed by atoms with E-state index in [9.17, 15) is 4.79 Å². The largest absolute Gasteiger partial charge is 0.491 e. The van der Waals surface area contributed by atoms with Crippen molar-refractivity contribution in [2.45, 2.75) is 19.8 Å². The molecule has 0 spiro atoms. The Morgan fingerprint density at radius 3 is 2.47 bits per heavy atom. The SMILES string of the molecule is CCCC(=O)OCCOCCOc1ccc(N)cc1. The van der Waals surface area contributed by atoms with Gasteiger partial charge in [0.05, 0.1) is 13.2 Å². The molecular weight excluding hydrogens is 246 g/mol. The highest BCUT2D eigenvalue weighted by Crippen LogP contribution is 2.12. The average Bonchev–Trinajstić information content (AvgIpc) is 2.40. The summed E-state index contributed by atoms with van der Waals surface area (Å²) in [6, 6.07) is 7.18. The zero-order valence-corrected chi connectivity index (χ0v) is 11.3. The maximum Gasteiger partial charge on any atom is 0.305 e. The molecule has 0 heterocycles. The minimum Gasteiger partial charge on any atom is -0.491 e. The van der Waals surface area contributed by atoms with Gasteiger partial charge in [-0.25, -0.2) is 0 Å². The van der Waals surface area contributed by atoms with Crippen molar-refractivity contribution in [3.05, 3.63) is 24.3 Å². The van der Waals surface area contributed by atoms with Gasteiger partial charge in [-0.3, -0.25) is 4.79 Å². The van der Waals surface area contributed by atoms with Crippen LogP contribution in [-0.4, -0.2) is 32.4 Å². The predicted molar refractivity (Wildman–Crippen MR) is 73.0 cm³/mol. The second kappa shape index (κ2) is 9.22. The third-order valence-corrected chi connectivity index (χ3v) is 2.32. The molecule has 0 saturated carbocycles. The molecule has 0 aliphatic heterocycles.